The highest BCUT2D eigenvalue weighted by molar-refractivity contribution is 9.10. The molecule has 0 saturated heterocycles. The Morgan fingerprint density at radius 1 is 1.07 bits per heavy atom. The van der Waals surface area contributed by atoms with Crippen LogP contribution in [0.4, 0.5) is 5.82 Å². The van der Waals surface area contributed by atoms with Crippen LogP contribution in [0.3, 0.4) is 0 Å². The maximum Gasteiger partial charge on any atom is 0.266 e. The molecule has 0 unspecified atom stereocenters. The first-order valence-corrected chi connectivity index (χ1v) is 11.4. The molecule has 30 heavy (non-hydrogen) atoms. The number of rotatable bonds is 4. The summed E-state index contributed by atoms with van der Waals surface area (Å²) < 4.78 is 29.7. The summed E-state index contributed by atoms with van der Waals surface area (Å²) in [6, 6.07) is 13.8. The zero-order valence-corrected chi connectivity index (χ0v) is 18.8. The van der Waals surface area contributed by atoms with Gasteiger partial charge in [-0.25, -0.2) is 8.42 Å². The molecule has 0 radical (unpaired) electrons. The Balaban J connectivity index is 1.73. The second kappa shape index (κ2) is 7.91. The summed E-state index contributed by atoms with van der Waals surface area (Å²) in [6.45, 7) is 0. The number of anilines is 1. The van der Waals surface area contributed by atoms with E-state index in [4.69, 9.17) is 23.8 Å². The van der Waals surface area contributed by atoms with Gasteiger partial charge in [0.05, 0.1) is 21.5 Å². The highest BCUT2D eigenvalue weighted by Gasteiger charge is 2.16. The summed E-state index contributed by atoms with van der Waals surface area (Å²) in [7, 11) is -3.91. The van der Waals surface area contributed by atoms with Gasteiger partial charge in [-0.2, -0.15) is 0 Å². The van der Waals surface area contributed by atoms with Crippen LogP contribution in [0.1, 0.15) is 0 Å². The topological polar surface area (TPSA) is 110 Å². The van der Waals surface area contributed by atoms with Gasteiger partial charge in [-0.3, -0.25) is 14.1 Å². The van der Waals surface area contributed by atoms with Gasteiger partial charge in [0.15, 0.2) is 15.7 Å². The fourth-order valence-electron chi connectivity index (χ4n) is 2.78. The van der Waals surface area contributed by atoms with Crippen molar-refractivity contribution in [2.45, 2.75) is 4.90 Å². The number of halogens is 2. The number of sulfonamides is 1. The van der Waals surface area contributed by atoms with Gasteiger partial charge >= 0.3 is 0 Å². The molecular formula is C18H11BrClN5O3S2. The largest absolute Gasteiger partial charge is 0.330 e. The van der Waals surface area contributed by atoms with E-state index in [1.807, 2.05) is 0 Å². The monoisotopic (exact) mass is 523 g/mol. The van der Waals surface area contributed by atoms with Crippen LogP contribution in [0.15, 0.2) is 68.8 Å². The van der Waals surface area contributed by atoms with E-state index in [1.54, 1.807) is 18.2 Å². The molecule has 2 aromatic carbocycles. The smallest absolute Gasteiger partial charge is 0.266 e. The predicted octanol–water partition coefficient (Wildman–Crippen LogP) is 4.05. The third kappa shape index (κ3) is 3.88. The van der Waals surface area contributed by atoms with Crippen molar-refractivity contribution in [3.8, 4) is 5.69 Å². The van der Waals surface area contributed by atoms with Crippen molar-refractivity contribution in [1.29, 1.82) is 0 Å². The van der Waals surface area contributed by atoms with E-state index in [0.717, 1.165) is 0 Å². The fraction of sp³-hybridized carbons (Fsp3) is 0. The molecule has 0 aliphatic carbocycles. The average Bonchev–Trinajstić information content (AvgIpc) is 2.71. The van der Waals surface area contributed by atoms with E-state index in [-0.39, 0.29) is 26.2 Å². The number of fused-ring (bicyclic) bond motifs is 1. The lowest BCUT2D eigenvalue weighted by Gasteiger charge is -2.11. The van der Waals surface area contributed by atoms with E-state index in [1.165, 1.54) is 41.0 Å². The number of nitrogens with one attached hydrogen (secondary N) is 2. The molecule has 2 heterocycles. The van der Waals surface area contributed by atoms with Crippen LogP contribution in [-0.4, -0.2) is 28.2 Å². The van der Waals surface area contributed by atoms with E-state index < -0.39 is 10.0 Å². The first-order valence-electron chi connectivity index (χ1n) is 8.32. The lowest BCUT2D eigenvalue weighted by Crippen LogP contribution is -2.21. The number of H-pyrrole nitrogens is 1. The van der Waals surface area contributed by atoms with Crippen molar-refractivity contribution in [2.75, 3.05) is 4.72 Å². The molecule has 152 valence electrons. The molecule has 2 aromatic heterocycles. The third-order valence-electron chi connectivity index (χ3n) is 4.16. The van der Waals surface area contributed by atoms with Crippen molar-refractivity contribution >= 4 is 66.5 Å². The van der Waals surface area contributed by atoms with Crippen LogP contribution in [0, 0.1) is 4.77 Å². The van der Waals surface area contributed by atoms with Gasteiger partial charge in [-0.1, -0.05) is 17.7 Å². The van der Waals surface area contributed by atoms with Gasteiger partial charge in [0.2, 0.25) is 0 Å². The summed E-state index contributed by atoms with van der Waals surface area (Å²) in [5, 5.41) is 7.85. The van der Waals surface area contributed by atoms with Crippen LogP contribution < -0.4 is 10.3 Å². The van der Waals surface area contributed by atoms with Crippen LogP contribution >= 0.6 is 39.7 Å². The zero-order chi connectivity index (χ0) is 21.5. The lowest BCUT2D eigenvalue weighted by molar-refractivity contribution is 0.601. The molecule has 12 heteroatoms. The summed E-state index contributed by atoms with van der Waals surface area (Å²) in [6.07, 6.45) is 0. The summed E-state index contributed by atoms with van der Waals surface area (Å²) in [5.41, 5.74) is 0.699. The molecular weight excluding hydrogens is 514 g/mol. The number of para-hydroxylation sites is 1. The Labute approximate surface area is 188 Å². The van der Waals surface area contributed by atoms with Gasteiger partial charge < -0.3 is 4.98 Å². The van der Waals surface area contributed by atoms with Crippen molar-refractivity contribution in [1.82, 2.24) is 19.7 Å². The van der Waals surface area contributed by atoms with Crippen LogP contribution in [0.5, 0.6) is 0 Å². The number of hydrogen-bond donors (Lipinski definition) is 2. The summed E-state index contributed by atoms with van der Waals surface area (Å²) in [4.78, 5) is 16.0. The van der Waals surface area contributed by atoms with E-state index in [0.29, 0.717) is 21.1 Å². The molecule has 8 nitrogen and oxygen atoms in total. The molecule has 4 aromatic rings. The predicted molar refractivity (Wildman–Crippen MR) is 120 cm³/mol. The fourth-order valence-corrected chi connectivity index (χ4v) is 4.63. The molecule has 0 amide bonds. The highest BCUT2D eigenvalue weighted by Crippen LogP contribution is 2.21. The standard InChI is InChI=1S/C18H11BrClN5O3S2/c19-13-3-1-2-12-16(13)21-18(29)25(17(12)26)10-4-6-11(7-5-10)30(27,28)24-15-9-8-14(20)22-23-15/h1-9H,(H,21,29)(H,23,24). The van der Waals surface area contributed by atoms with E-state index >= 15 is 0 Å². The molecule has 4 rings (SSSR count). The maximum atomic E-state index is 13.0. The first-order chi connectivity index (χ1) is 14.3. The average molecular weight is 525 g/mol. The third-order valence-corrected chi connectivity index (χ3v) is 6.68. The van der Waals surface area contributed by atoms with Gasteiger partial charge in [-0.05, 0) is 76.7 Å². The zero-order valence-electron chi connectivity index (χ0n) is 14.8. The molecule has 0 aliphatic rings. The number of hydrogen-bond acceptors (Lipinski definition) is 6. The van der Waals surface area contributed by atoms with Gasteiger partial charge in [0, 0.05) is 4.47 Å². The Bertz CT molecular complexity index is 1480. The second-order valence-corrected chi connectivity index (χ2v) is 9.38. The summed E-state index contributed by atoms with van der Waals surface area (Å²) in [5.74, 6) is 0.0299. The Kier molecular flexibility index (Phi) is 5.45. The molecule has 0 saturated carbocycles. The Hall–Kier alpha value is -2.60. The minimum absolute atomic E-state index is 0.0190. The quantitative estimate of drug-likeness (QED) is 0.390. The van der Waals surface area contributed by atoms with Crippen molar-refractivity contribution in [2.24, 2.45) is 0 Å². The lowest BCUT2D eigenvalue weighted by atomic mass is 10.2. The van der Waals surface area contributed by atoms with Crippen molar-refractivity contribution < 1.29 is 8.42 Å². The molecule has 0 spiro atoms. The van der Waals surface area contributed by atoms with Gasteiger partial charge in [0.1, 0.15) is 0 Å². The molecule has 0 aliphatic heterocycles. The molecule has 2 N–H and O–H groups in total. The Morgan fingerprint density at radius 2 is 1.80 bits per heavy atom. The van der Waals surface area contributed by atoms with E-state index in [9.17, 15) is 13.2 Å². The molecule has 0 bridgehead atoms. The SMILES string of the molecule is O=c1c2cccc(Br)c2[nH]c(=S)n1-c1ccc(S(=O)(=O)Nc2ccc(Cl)nn2)cc1. The molecule has 0 atom stereocenters. The summed E-state index contributed by atoms with van der Waals surface area (Å²) >= 11 is 14.4. The van der Waals surface area contributed by atoms with E-state index in [2.05, 4.69) is 35.8 Å². The van der Waals surface area contributed by atoms with Crippen molar-refractivity contribution in [3.63, 3.8) is 0 Å². The van der Waals surface area contributed by atoms with Crippen LogP contribution in [-0.2, 0) is 10.0 Å². The molecule has 0 fully saturated rings. The first kappa shape index (κ1) is 20.7. The Morgan fingerprint density at radius 3 is 2.47 bits per heavy atom. The van der Waals surface area contributed by atoms with Crippen molar-refractivity contribution in [3.05, 3.63) is 79.3 Å². The number of aromatic nitrogens is 4. The maximum absolute atomic E-state index is 13.0. The minimum atomic E-state index is -3.91. The minimum Gasteiger partial charge on any atom is -0.330 e. The van der Waals surface area contributed by atoms with Crippen LogP contribution in [0.2, 0.25) is 5.15 Å². The number of benzene rings is 2. The number of nitrogens with zero attached hydrogens (tertiary/aromatic N) is 3. The van der Waals surface area contributed by atoms with Gasteiger partial charge in [-0.15, -0.1) is 10.2 Å². The normalized spacial score (nSPS) is 11.5. The van der Waals surface area contributed by atoms with Crippen LogP contribution in [0.25, 0.3) is 16.6 Å². The number of aromatic amines is 1. The highest BCUT2D eigenvalue weighted by atomic mass is 79.9. The van der Waals surface area contributed by atoms with Gasteiger partial charge in [0.25, 0.3) is 15.6 Å². The second-order valence-electron chi connectivity index (χ2n) is 6.07.